The molecule has 0 bridgehead atoms. The highest BCUT2D eigenvalue weighted by Crippen LogP contribution is 2.48. The van der Waals surface area contributed by atoms with Gasteiger partial charge in [0.1, 0.15) is 5.82 Å². The number of hydrogen-bond donors (Lipinski definition) is 1. The molecule has 124 valence electrons. The summed E-state index contributed by atoms with van der Waals surface area (Å²) in [4.78, 5) is 12.4. The van der Waals surface area contributed by atoms with Crippen LogP contribution < -0.4 is 14.8 Å². The van der Waals surface area contributed by atoms with Gasteiger partial charge >= 0.3 is 0 Å². The standard InChI is InChI=1S/C19H18FNO3/c20-13-4-2-12(3-5-13)15-11-16(15)19(22)21-14-6-7-17-18(10-14)24-9-1-8-23-17/h2-7,10,15-16H,1,8-9,11H2,(H,21,22). The Balaban J connectivity index is 1.42. The van der Waals surface area contributed by atoms with E-state index in [1.165, 1.54) is 12.1 Å². The summed E-state index contributed by atoms with van der Waals surface area (Å²) in [6.07, 6.45) is 1.64. The molecule has 4 nitrogen and oxygen atoms in total. The molecule has 24 heavy (non-hydrogen) atoms. The predicted octanol–water partition coefficient (Wildman–Crippen LogP) is 3.73. The van der Waals surface area contributed by atoms with Gasteiger partial charge in [-0.25, -0.2) is 4.39 Å². The largest absolute Gasteiger partial charge is 0.490 e. The maximum atomic E-state index is 13.0. The van der Waals surface area contributed by atoms with Crippen LogP contribution in [0.3, 0.4) is 0 Å². The second-order valence-electron chi connectivity index (χ2n) is 6.20. The molecular weight excluding hydrogens is 309 g/mol. The smallest absolute Gasteiger partial charge is 0.228 e. The normalized spacial score (nSPS) is 21.7. The quantitative estimate of drug-likeness (QED) is 0.934. The molecule has 1 aliphatic carbocycles. The van der Waals surface area contributed by atoms with E-state index >= 15 is 0 Å². The zero-order valence-electron chi connectivity index (χ0n) is 13.1. The van der Waals surface area contributed by atoms with Crippen LogP contribution in [0.5, 0.6) is 11.5 Å². The lowest BCUT2D eigenvalue weighted by Crippen LogP contribution is -2.14. The monoisotopic (exact) mass is 327 g/mol. The summed E-state index contributed by atoms with van der Waals surface area (Å²) < 4.78 is 24.2. The first-order chi connectivity index (χ1) is 11.7. The number of carbonyl (C=O) groups is 1. The maximum Gasteiger partial charge on any atom is 0.228 e. The van der Waals surface area contributed by atoms with Gasteiger partial charge in [-0.1, -0.05) is 12.1 Å². The van der Waals surface area contributed by atoms with E-state index in [1.807, 2.05) is 12.1 Å². The van der Waals surface area contributed by atoms with Crippen LogP contribution in [0.1, 0.15) is 24.3 Å². The Morgan fingerprint density at radius 2 is 1.79 bits per heavy atom. The lowest BCUT2D eigenvalue weighted by molar-refractivity contribution is -0.117. The molecule has 1 fully saturated rings. The van der Waals surface area contributed by atoms with Gasteiger partial charge in [0.25, 0.3) is 0 Å². The minimum Gasteiger partial charge on any atom is -0.490 e. The lowest BCUT2D eigenvalue weighted by Gasteiger charge is -2.10. The van der Waals surface area contributed by atoms with Crippen LogP contribution in [0.25, 0.3) is 0 Å². The van der Waals surface area contributed by atoms with Gasteiger partial charge in [0.15, 0.2) is 11.5 Å². The average Bonchev–Trinajstić information content (AvgIpc) is 3.39. The first-order valence-corrected chi connectivity index (χ1v) is 8.17. The van der Waals surface area contributed by atoms with E-state index in [0.29, 0.717) is 30.4 Å². The topological polar surface area (TPSA) is 47.6 Å². The van der Waals surface area contributed by atoms with Crippen molar-refractivity contribution in [2.45, 2.75) is 18.8 Å². The molecule has 2 aromatic rings. The van der Waals surface area contributed by atoms with Crippen molar-refractivity contribution in [3.05, 3.63) is 53.8 Å². The lowest BCUT2D eigenvalue weighted by atomic mass is 10.1. The second kappa shape index (κ2) is 6.15. The van der Waals surface area contributed by atoms with Crippen LogP contribution in [-0.4, -0.2) is 19.1 Å². The van der Waals surface area contributed by atoms with E-state index in [1.54, 1.807) is 18.2 Å². The van der Waals surface area contributed by atoms with E-state index in [4.69, 9.17) is 9.47 Å². The van der Waals surface area contributed by atoms with Gasteiger partial charge in [-0.2, -0.15) is 0 Å². The number of anilines is 1. The van der Waals surface area contributed by atoms with Gasteiger partial charge in [-0.3, -0.25) is 4.79 Å². The summed E-state index contributed by atoms with van der Waals surface area (Å²) in [5, 5.41) is 2.94. The highest BCUT2D eigenvalue weighted by Gasteiger charge is 2.43. The van der Waals surface area contributed by atoms with Gasteiger partial charge in [-0.05, 0) is 42.2 Å². The zero-order valence-corrected chi connectivity index (χ0v) is 13.1. The average molecular weight is 327 g/mol. The number of carbonyl (C=O) groups excluding carboxylic acids is 1. The highest BCUT2D eigenvalue weighted by atomic mass is 19.1. The van der Waals surface area contributed by atoms with E-state index in [-0.39, 0.29) is 23.6 Å². The maximum absolute atomic E-state index is 13.0. The summed E-state index contributed by atoms with van der Waals surface area (Å²) in [6, 6.07) is 11.8. The van der Waals surface area contributed by atoms with Gasteiger partial charge in [-0.15, -0.1) is 0 Å². The fourth-order valence-corrected chi connectivity index (χ4v) is 3.04. The molecule has 2 aromatic carbocycles. The number of ether oxygens (including phenoxy) is 2. The first kappa shape index (κ1) is 15.0. The Hall–Kier alpha value is -2.56. The minimum absolute atomic E-state index is 0.0150. The molecule has 1 N–H and O–H groups in total. The van der Waals surface area contributed by atoms with Crippen molar-refractivity contribution in [2.75, 3.05) is 18.5 Å². The van der Waals surface area contributed by atoms with Crippen LogP contribution >= 0.6 is 0 Å². The molecule has 4 rings (SSSR count). The Labute approximate surface area is 139 Å². The molecule has 2 unspecified atom stereocenters. The fraction of sp³-hybridized carbons (Fsp3) is 0.316. The Bertz CT molecular complexity index is 760. The molecule has 0 spiro atoms. The highest BCUT2D eigenvalue weighted by molar-refractivity contribution is 5.95. The number of amides is 1. The SMILES string of the molecule is O=C(Nc1ccc2c(c1)OCCCO2)C1CC1c1ccc(F)cc1. The van der Waals surface area contributed by atoms with Crippen LogP contribution in [0.2, 0.25) is 0 Å². The second-order valence-corrected chi connectivity index (χ2v) is 6.20. The molecule has 0 aromatic heterocycles. The fourth-order valence-electron chi connectivity index (χ4n) is 3.04. The summed E-state index contributed by atoms with van der Waals surface area (Å²) >= 11 is 0. The van der Waals surface area contributed by atoms with Gasteiger partial charge in [0, 0.05) is 24.1 Å². The molecule has 5 heteroatoms. The van der Waals surface area contributed by atoms with Crippen molar-refractivity contribution in [1.82, 2.24) is 0 Å². The third-order valence-electron chi connectivity index (χ3n) is 4.44. The van der Waals surface area contributed by atoms with Crippen LogP contribution in [0, 0.1) is 11.7 Å². The molecular formula is C19H18FNO3. The number of rotatable bonds is 3. The molecule has 0 radical (unpaired) electrons. The zero-order chi connectivity index (χ0) is 16.5. The minimum atomic E-state index is -0.257. The van der Waals surface area contributed by atoms with Crippen molar-refractivity contribution in [3.63, 3.8) is 0 Å². The molecule has 1 aliphatic heterocycles. The van der Waals surface area contributed by atoms with E-state index in [0.717, 1.165) is 18.4 Å². The van der Waals surface area contributed by atoms with Crippen molar-refractivity contribution in [3.8, 4) is 11.5 Å². The molecule has 2 aliphatic rings. The Morgan fingerprint density at radius 1 is 1.04 bits per heavy atom. The number of nitrogens with one attached hydrogen (secondary N) is 1. The van der Waals surface area contributed by atoms with E-state index in [2.05, 4.69) is 5.32 Å². The number of halogens is 1. The summed E-state index contributed by atoms with van der Waals surface area (Å²) in [5.41, 5.74) is 1.71. The molecule has 0 saturated heterocycles. The van der Waals surface area contributed by atoms with Crippen molar-refractivity contribution < 1.29 is 18.7 Å². The Kier molecular flexibility index (Phi) is 3.84. The molecule has 1 saturated carbocycles. The number of hydrogen-bond acceptors (Lipinski definition) is 3. The number of fused-ring (bicyclic) bond motifs is 1. The summed E-state index contributed by atoms with van der Waals surface area (Å²) in [5.74, 6) is 1.21. The van der Waals surface area contributed by atoms with E-state index < -0.39 is 0 Å². The van der Waals surface area contributed by atoms with Gasteiger partial charge in [0.2, 0.25) is 5.91 Å². The van der Waals surface area contributed by atoms with Gasteiger partial charge < -0.3 is 14.8 Å². The third-order valence-corrected chi connectivity index (χ3v) is 4.44. The summed E-state index contributed by atoms with van der Waals surface area (Å²) in [7, 11) is 0. The predicted molar refractivity (Wildman–Crippen MR) is 87.9 cm³/mol. The van der Waals surface area contributed by atoms with Crippen molar-refractivity contribution in [1.29, 1.82) is 0 Å². The number of benzene rings is 2. The van der Waals surface area contributed by atoms with Gasteiger partial charge in [0.05, 0.1) is 13.2 Å². The molecule has 1 heterocycles. The molecule has 1 amide bonds. The van der Waals surface area contributed by atoms with Crippen molar-refractivity contribution >= 4 is 11.6 Å². The van der Waals surface area contributed by atoms with Crippen molar-refractivity contribution in [2.24, 2.45) is 5.92 Å². The van der Waals surface area contributed by atoms with Crippen LogP contribution in [0.4, 0.5) is 10.1 Å². The summed E-state index contributed by atoms with van der Waals surface area (Å²) in [6.45, 7) is 1.25. The third kappa shape index (κ3) is 3.07. The van der Waals surface area contributed by atoms with Crippen LogP contribution in [-0.2, 0) is 4.79 Å². The Morgan fingerprint density at radius 3 is 2.58 bits per heavy atom. The first-order valence-electron chi connectivity index (χ1n) is 8.17. The van der Waals surface area contributed by atoms with E-state index in [9.17, 15) is 9.18 Å². The van der Waals surface area contributed by atoms with Crippen LogP contribution in [0.15, 0.2) is 42.5 Å². The molecule has 2 atom stereocenters.